The molecule has 14 heavy (non-hydrogen) atoms. The zero-order chi connectivity index (χ0) is 11.1. The summed E-state index contributed by atoms with van der Waals surface area (Å²) in [5.41, 5.74) is 0. The van der Waals surface area contributed by atoms with E-state index in [-0.39, 0.29) is 18.3 Å². The molecule has 0 aliphatic rings. The van der Waals surface area contributed by atoms with Crippen LogP contribution in [0, 0.1) is 11.8 Å². The quantitative estimate of drug-likeness (QED) is 0.669. The fourth-order valence-corrected chi connectivity index (χ4v) is 1.79. The van der Waals surface area contributed by atoms with Gasteiger partial charge in [-0.05, 0) is 5.92 Å². The molecular formula is C9H19O4P. The first kappa shape index (κ1) is 13.8. The average molecular weight is 222 g/mol. The minimum Gasteiger partial charge on any atom is -0.326 e. The van der Waals surface area contributed by atoms with Gasteiger partial charge in [0.25, 0.3) is 0 Å². The Morgan fingerprint density at radius 2 is 1.93 bits per heavy atom. The van der Waals surface area contributed by atoms with Gasteiger partial charge in [0.05, 0.1) is 0 Å². The highest BCUT2D eigenvalue weighted by atomic mass is 31.1. The Balaban J connectivity index is 4.03. The summed E-state index contributed by atoms with van der Waals surface area (Å²) in [6.45, 7) is 5.67. The number of ketones is 1. The van der Waals surface area contributed by atoms with E-state index in [0.29, 0.717) is 5.92 Å². The Bertz CT molecular complexity index is 201. The van der Waals surface area contributed by atoms with Crippen molar-refractivity contribution >= 4 is 14.0 Å². The topological polar surface area (TPSA) is 63.6 Å². The van der Waals surface area contributed by atoms with Crippen molar-refractivity contribution in [1.29, 1.82) is 0 Å². The summed E-state index contributed by atoms with van der Waals surface area (Å²) in [6.07, 6.45) is 1.88. The van der Waals surface area contributed by atoms with E-state index in [1.807, 2.05) is 20.8 Å². The van der Waals surface area contributed by atoms with Crippen molar-refractivity contribution in [3.63, 3.8) is 0 Å². The molecular weight excluding hydrogens is 203 g/mol. The van der Waals surface area contributed by atoms with Gasteiger partial charge >= 0.3 is 8.25 Å². The molecule has 0 fully saturated rings. The number of rotatable bonds is 7. The average Bonchev–Trinajstić information content (AvgIpc) is 2.15. The van der Waals surface area contributed by atoms with Gasteiger partial charge in [-0.2, -0.15) is 0 Å². The predicted molar refractivity (Wildman–Crippen MR) is 55.4 cm³/mol. The van der Waals surface area contributed by atoms with Crippen LogP contribution in [0.1, 0.15) is 33.6 Å². The first-order chi connectivity index (χ1) is 6.52. The van der Waals surface area contributed by atoms with Gasteiger partial charge in [-0.1, -0.05) is 33.6 Å². The molecule has 0 aliphatic carbocycles. The molecule has 2 unspecified atom stereocenters. The van der Waals surface area contributed by atoms with Gasteiger partial charge in [-0.25, -0.2) is 0 Å². The first-order valence-electron chi connectivity index (χ1n) is 4.91. The maximum absolute atomic E-state index is 11.4. The summed E-state index contributed by atoms with van der Waals surface area (Å²) in [5.74, 6) is 0.157. The second-order valence-electron chi connectivity index (χ2n) is 3.39. The molecule has 0 radical (unpaired) electrons. The largest absolute Gasteiger partial charge is 0.326 e. The molecule has 2 atom stereocenters. The van der Waals surface area contributed by atoms with Gasteiger partial charge in [0.2, 0.25) is 0 Å². The van der Waals surface area contributed by atoms with Crippen LogP contribution in [0.5, 0.6) is 0 Å². The summed E-state index contributed by atoms with van der Waals surface area (Å²) in [6, 6.07) is 0. The Labute approximate surface area is 85.6 Å². The van der Waals surface area contributed by atoms with E-state index in [0.717, 1.165) is 12.8 Å². The minimum atomic E-state index is -2.97. The summed E-state index contributed by atoms with van der Waals surface area (Å²) in [7, 11) is -2.97. The van der Waals surface area contributed by atoms with Crippen LogP contribution in [0.4, 0.5) is 0 Å². The van der Waals surface area contributed by atoms with Crippen LogP contribution in [0.2, 0.25) is 0 Å². The van der Waals surface area contributed by atoms with Crippen LogP contribution >= 0.6 is 8.25 Å². The zero-order valence-electron chi connectivity index (χ0n) is 8.95. The number of Topliss-reactive ketones (excluding diaryl/α,β-unsaturated/α-hetero) is 1. The molecule has 5 heteroatoms. The van der Waals surface area contributed by atoms with Crippen molar-refractivity contribution in [2.75, 3.05) is 6.61 Å². The molecule has 0 rings (SSSR count). The van der Waals surface area contributed by atoms with Gasteiger partial charge in [-0.15, -0.1) is 0 Å². The van der Waals surface area contributed by atoms with Crippen LogP contribution in [0.15, 0.2) is 0 Å². The molecule has 0 amide bonds. The van der Waals surface area contributed by atoms with Crippen molar-refractivity contribution in [3.05, 3.63) is 0 Å². The van der Waals surface area contributed by atoms with Crippen molar-refractivity contribution in [2.45, 2.75) is 33.6 Å². The monoisotopic (exact) mass is 222 g/mol. The van der Waals surface area contributed by atoms with Crippen LogP contribution in [0.25, 0.3) is 0 Å². The molecule has 0 bridgehead atoms. The fourth-order valence-electron chi connectivity index (χ4n) is 1.52. The second kappa shape index (κ2) is 7.16. The lowest BCUT2D eigenvalue weighted by Gasteiger charge is -2.19. The highest BCUT2D eigenvalue weighted by Crippen LogP contribution is 2.22. The molecule has 84 valence electrons. The van der Waals surface area contributed by atoms with Crippen molar-refractivity contribution in [2.24, 2.45) is 11.8 Å². The molecule has 0 aromatic rings. The van der Waals surface area contributed by atoms with E-state index < -0.39 is 8.25 Å². The maximum Gasteiger partial charge on any atom is 0.317 e. The Hall–Kier alpha value is -0.180. The van der Waals surface area contributed by atoms with Crippen molar-refractivity contribution in [3.8, 4) is 0 Å². The van der Waals surface area contributed by atoms with E-state index in [1.54, 1.807) is 0 Å². The third-order valence-corrected chi connectivity index (χ3v) is 2.99. The highest BCUT2D eigenvalue weighted by Gasteiger charge is 2.21. The number of hydrogen-bond donors (Lipinski definition) is 1. The lowest BCUT2D eigenvalue weighted by molar-refractivity contribution is -0.126. The van der Waals surface area contributed by atoms with E-state index in [1.165, 1.54) is 0 Å². The SMILES string of the molecule is CCC(CC)C(C)C(=O)CO[PH](=O)O. The van der Waals surface area contributed by atoms with E-state index in [2.05, 4.69) is 4.52 Å². The molecule has 0 saturated carbocycles. The summed E-state index contributed by atoms with van der Waals surface area (Å²) >= 11 is 0. The lowest BCUT2D eigenvalue weighted by atomic mass is 9.86. The Kier molecular flexibility index (Phi) is 7.06. The second-order valence-corrected chi connectivity index (χ2v) is 4.21. The summed E-state index contributed by atoms with van der Waals surface area (Å²) in [5, 5.41) is 0. The molecule has 0 spiro atoms. The predicted octanol–water partition coefficient (Wildman–Crippen LogP) is 2.03. The van der Waals surface area contributed by atoms with E-state index >= 15 is 0 Å². The molecule has 1 N–H and O–H groups in total. The van der Waals surface area contributed by atoms with Crippen LogP contribution in [0.3, 0.4) is 0 Å². The van der Waals surface area contributed by atoms with E-state index in [4.69, 9.17) is 4.89 Å². The molecule has 0 aromatic heterocycles. The van der Waals surface area contributed by atoms with Gasteiger partial charge in [0.1, 0.15) is 6.61 Å². The third kappa shape index (κ3) is 4.89. The Morgan fingerprint density at radius 1 is 1.43 bits per heavy atom. The normalized spacial score (nSPS) is 15.5. The number of carbonyl (C=O) groups is 1. The zero-order valence-corrected chi connectivity index (χ0v) is 9.95. The summed E-state index contributed by atoms with van der Waals surface area (Å²) in [4.78, 5) is 19.9. The molecule has 0 saturated heterocycles. The standard InChI is InChI=1S/C9H19O4P/c1-4-8(5-2)7(3)9(10)6-13-14(11)12/h7-8,14H,4-6H2,1-3H3,(H,11,12). The lowest BCUT2D eigenvalue weighted by Crippen LogP contribution is -2.23. The van der Waals surface area contributed by atoms with E-state index in [9.17, 15) is 9.36 Å². The van der Waals surface area contributed by atoms with Crippen molar-refractivity contribution in [1.82, 2.24) is 0 Å². The molecule has 0 heterocycles. The number of hydrogen-bond acceptors (Lipinski definition) is 3. The third-order valence-electron chi connectivity index (χ3n) is 2.60. The van der Waals surface area contributed by atoms with Gasteiger partial charge in [0, 0.05) is 5.92 Å². The Morgan fingerprint density at radius 3 is 2.29 bits per heavy atom. The van der Waals surface area contributed by atoms with Gasteiger partial charge in [0.15, 0.2) is 5.78 Å². The van der Waals surface area contributed by atoms with Crippen LogP contribution < -0.4 is 0 Å². The van der Waals surface area contributed by atoms with Gasteiger partial charge < -0.3 is 9.42 Å². The molecule has 4 nitrogen and oxygen atoms in total. The summed E-state index contributed by atoms with van der Waals surface area (Å²) < 4.78 is 14.7. The van der Waals surface area contributed by atoms with Gasteiger partial charge in [-0.3, -0.25) is 9.36 Å². The number of carbonyl (C=O) groups excluding carboxylic acids is 1. The maximum atomic E-state index is 11.4. The van der Waals surface area contributed by atoms with Crippen LogP contribution in [-0.2, 0) is 13.9 Å². The fraction of sp³-hybridized carbons (Fsp3) is 0.889. The van der Waals surface area contributed by atoms with Crippen molar-refractivity contribution < 1.29 is 18.8 Å². The molecule has 0 aliphatic heterocycles. The smallest absolute Gasteiger partial charge is 0.317 e. The molecule has 0 aromatic carbocycles. The first-order valence-corrected chi connectivity index (χ1v) is 6.17. The highest BCUT2D eigenvalue weighted by molar-refractivity contribution is 7.32. The minimum absolute atomic E-state index is 0.0913. The van der Waals surface area contributed by atoms with Crippen LogP contribution in [-0.4, -0.2) is 17.3 Å².